The Morgan fingerprint density at radius 1 is 1.35 bits per heavy atom. The zero-order valence-corrected chi connectivity index (χ0v) is 22.8. The van der Waals surface area contributed by atoms with Crippen molar-refractivity contribution in [1.82, 2.24) is 10.2 Å². The Hall–Kier alpha value is -1.49. The molecule has 0 radical (unpaired) electrons. The van der Waals surface area contributed by atoms with Gasteiger partial charge in [-0.2, -0.15) is 0 Å². The molecule has 0 spiro atoms. The maximum Gasteiger partial charge on any atom is 0.317 e. The van der Waals surface area contributed by atoms with Crippen molar-refractivity contribution in [2.45, 2.75) is 94.8 Å². The van der Waals surface area contributed by atoms with Crippen LogP contribution >= 0.6 is 11.6 Å². The summed E-state index contributed by atoms with van der Waals surface area (Å²) in [7, 11) is 1.34. The molecule has 1 aliphatic carbocycles. The summed E-state index contributed by atoms with van der Waals surface area (Å²) in [5.74, 6) is -2.00. The van der Waals surface area contributed by atoms with Crippen LogP contribution in [0.15, 0.2) is 18.2 Å². The van der Waals surface area contributed by atoms with Gasteiger partial charge in [0.15, 0.2) is 5.79 Å². The minimum atomic E-state index is -1.77. The topological polar surface area (TPSA) is 117 Å². The highest BCUT2D eigenvalue weighted by molar-refractivity contribution is 6.30. The average Bonchev–Trinajstić information content (AvgIpc) is 2.89. The number of hydrogen-bond acceptors (Lipinski definition) is 6. The van der Waals surface area contributed by atoms with Crippen LogP contribution in [0, 0.1) is 11.7 Å². The first-order valence-corrected chi connectivity index (χ1v) is 13.8. The van der Waals surface area contributed by atoms with E-state index in [0.29, 0.717) is 51.3 Å². The number of urea groups is 1. The van der Waals surface area contributed by atoms with Crippen molar-refractivity contribution in [3.8, 4) is 0 Å². The molecule has 1 saturated carbocycles. The lowest BCUT2D eigenvalue weighted by atomic mass is 9.82. The highest BCUT2D eigenvalue weighted by atomic mass is 35.5. The summed E-state index contributed by atoms with van der Waals surface area (Å²) in [6.45, 7) is 3.22. The van der Waals surface area contributed by atoms with Crippen molar-refractivity contribution in [2.75, 3.05) is 26.8 Å². The first-order valence-electron chi connectivity index (χ1n) is 13.5. The van der Waals surface area contributed by atoms with Gasteiger partial charge in [0.25, 0.3) is 0 Å². The van der Waals surface area contributed by atoms with Gasteiger partial charge < -0.3 is 35.6 Å². The zero-order valence-electron chi connectivity index (χ0n) is 22.0. The molecule has 8 nitrogen and oxygen atoms in total. The van der Waals surface area contributed by atoms with Crippen LogP contribution in [0.25, 0.3) is 0 Å². The number of nitrogens with one attached hydrogen (secondary N) is 1. The Morgan fingerprint density at radius 2 is 2.08 bits per heavy atom. The number of amides is 2. The molecule has 210 valence electrons. The fraction of sp³-hybridized carbons (Fsp3) is 0.741. The fourth-order valence-electron chi connectivity index (χ4n) is 5.32. The lowest BCUT2D eigenvalue weighted by Crippen LogP contribution is -2.53. The number of ether oxygens (including phenoxy) is 2. The van der Waals surface area contributed by atoms with Gasteiger partial charge in [-0.1, -0.05) is 30.2 Å². The van der Waals surface area contributed by atoms with Gasteiger partial charge in [-0.25, -0.2) is 9.18 Å². The number of aliphatic hydroxyl groups is 2. The Balaban J connectivity index is 1.41. The van der Waals surface area contributed by atoms with Crippen LogP contribution in [-0.4, -0.2) is 72.2 Å². The van der Waals surface area contributed by atoms with Crippen LogP contribution in [0.1, 0.15) is 70.3 Å². The highest BCUT2D eigenvalue weighted by Crippen LogP contribution is 2.33. The molecule has 3 rings (SSSR count). The van der Waals surface area contributed by atoms with Gasteiger partial charge in [-0.3, -0.25) is 0 Å². The summed E-state index contributed by atoms with van der Waals surface area (Å²) >= 11 is 5.86. The molecule has 10 heteroatoms. The number of halogens is 2. The number of methoxy groups -OCH3 is 1. The van der Waals surface area contributed by atoms with Crippen LogP contribution in [0.4, 0.5) is 9.18 Å². The summed E-state index contributed by atoms with van der Waals surface area (Å²) in [6, 6.07) is 4.20. The third-order valence-electron chi connectivity index (χ3n) is 7.82. The second-order valence-electron chi connectivity index (χ2n) is 10.6. The number of carbonyl (C=O) groups is 1. The zero-order chi connectivity index (χ0) is 27.0. The number of carbonyl (C=O) groups excluding carboxylic acids is 1. The third-order valence-corrected chi connectivity index (χ3v) is 8.11. The summed E-state index contributed by atoms with van der Waals surface area (Å²) < 4.78 is 25.5. The largest absolute Gasteiger partial charge is 0.391 e. The molecule has 2 amide bonds. The number of rotatable bonds is 11. The minimum absolute atomic E-state index is 0.0163. The Labute approximate surface area is 224 Å². The van der Waals surface area contributed by atoms with Gasteiger partial charge in [0.1, 0.15) is 5.82 Å². The van der Waals surface area contributed by atoms with Crippen molar-refractivity contribution in [3.63, 3.8) is 0 Å². The number of hydrogen-bond donors (Lipinski definition) is 4. The van der Waals surface area contributed by atoms with Gasteiger partial charge in [0.05, 0.1) is 29.9 Å². The van der Waals surface area contributed by atoms with Gasteiger partial charge in [-0.05, 0) is 63.9 Å². The molecule has 1 aromatic carbocycles. The predicted molar refractivity (Wildman–Crippen MR) is 141 cm³/mol. The van der Waals surface area contributed by atoms with Crippen molar-refractivity contribution in [2.24, 2.45) is 11.7 Å². The maximum atomic E-state index is 14.4. The van der Waals surface area contributed by atoms with E-state index in [2.05, 4.69) is 5.32 Å². The molecule has 2 fully saturated rings. The molecule has 1 heterocycles. The standard InChI is InChI=1S/C27H43ClFN3O5/c1-18(24(33)16-19-9-11-20(30)12-10-19)31-26(34)32-14-15-37-21(17-32)6-3-4-13-27(35,36-2)22-7-5-8-23(28)25(22)29/h5,7-8,18-21,24,33,35H,3-4,6,9-17,30H2,1-2H3,(H,31,34)/t18-,19?,20?,21+,24+,27?/m0/s1. The second kappa shape index (κ2) is 14.1. The molecular formula is C27H43ClFN3O5. The molecule has 4 atom stereocenters. The second-order valence-corrected chi connectivity index (χ2v) is 11.0. The number of benzene rings is 1. The highest BCUT2D eigenvalue weighted by Gasteiger charge is 2.33. The number of nitrogens with two attached hydrogens (primary N) is 1. The van der Waals surface area contributed by atoms with E-state index in [1.807, 2.05) is 6.92 Å². The van der Waals surface area contributed by atoms with Gasteiger partial charge in [-0.15, -0.1) is 0 Å². The van der Waals surface area contributed by atoms with Crippen LogP contribution in [0.2, 0.25) is 5.02 Å². The van der Waals surface area contributed by atoms with E-state index in [-0.39, 0.29) is 41.2 Å². The van der Waals surface area contributed by atoms with Gasteiger partial charge in [0.2, 0.25) is 0 Å². The monoisotopic (exact) mass is 543 g/mol. The molecule has 2 aliphatic rings. The number of morpholine rings is 1. The van der Waals surface area contributed by atoms with E-state index < -0.39 is 17.7 Å². The van der Waals surface area contributed by atoms with E-state index >= 15 is 0 Å². The molecule has 0 bridgehead atoms. The normalized spacial score (nSPS) is 25.8. The summed E-state index contributed by atoms with van der Waals surface area (Å²) in [5.41, 5.74) is 5.99. The van der Waals surface area contributed by atoms with Crippen molar-refractivity contribution in [3.05, 3.63) is 34.6 Å². The fourth-order valence-corrected chi connectivity index (χ4v) is 5.49. The Morgan fingerprint density at radius 3 is 2.78 bits per heavy atom. The Bertz CT molecular complexity index is 872. The molecule has 0 aromatic heterocycles. The van der Waals surface area contributed by atoms with E-state index in [1.165, 1.54) is 19.2 Å². The molecule has 1 saturated heterocycles. The van der Waals surface area contributed by atoms with E-state index in [9.17, 15) is 19.4 Å². The van der Waals surface area contributed by atoms with Crippen molar-refractivity contribution < 1.29 is 28.9 Å². The van der Waals surface area contributed by atoms with Crippen LogP contribution in [0.5, 0.6) is 0 Å². The Kier molecular flexibility index (Phi) is 11.4. The molecule has 1 aliphatic heterocycles. The van der Waals surface area contributed by atoms with E-state index in [0.717, 1.165) is 25.7 Å². The van der Waals surface area contributed by atoms with Gasteiger partial charge >= 0.3 is 6.03 Å². The minimum Gasteiger partial charge on any atom is -0.391 e. The number of unbranched alkanes of at least 4 members (excludes halogenated alkanes) is 1. The first kappa shape index (κ1) is 30.1. The van der Waals surface area contributed by atoms with Crippen LogP contribution in [-0.2, 0) is 15.3 Å². The van der Waals surface area contributed by atoms with E-state index in [1.54, 1.807) is 11.0 Å². The van der Waals surface area contributed by atoms with Crippen molar-refractivity contribution >= 4 is 17.6 Å². The first-order chi connectivity index (χ1) is 17.6. The third kappa shape index (κ3) is 8.50. The summed E-state index contributed by atoms with van der Waals surface area (Å²) in [4.78, 5) is 14.6. The average molecular weight is 544 g/mol. The molecule has 1 aromatic rings. The number of aliphatic hydroxyl groups excluding tert-OH is 1. The molecular weight excluding hydrogens is 501 g/mol. The lowest BCUT2D eigenvalue weighted by molar-refractivity contribution is -0.201. The van der Waals surface area contributed by atoms with Crippen LogP contribution in [0.3, 0.4) is 0 Å². The quantitative estimate of drug-likeness (QED) is 0.248. The molecule has 5 N–H and O–H groups in total. The predicted octanol–water partition coefficient (Wildman–Crippen LogP) is 3.90. The maximum absolute atomic E-state index is 14.4. The molecule has 1 unspecified atom stereocenters. The molecule has 37 heavy (non-hydrogen) atoms. The lowest BCUT2D eigenvalue weighted by Gasteiger charge is -2.35. The van der Waals surface area contributed by atoms with Gasteiger partial charge in [0, 0.05) is 38.2 Å². The van der Waals surface area contributed by atoms with Crippen molar-refractivity contribution in [1.29, 1.82) is 0 Å². The summed E-state index contributed by atoms with van der Waals surface area (Å²) in [5, 5.41) is 24.4. The van der Waals surface area contributed by atoms with E-state index in [4.69, 9.17) is 26.8 Å². The smallest absolute Gasteiger partial charge is 0.317 e. The summed E-state index contributed by atoms with van der Waals surface area (Å²) in [6.07, 6.45) is 6.14. The SMILES string of the molecule is COC(O)(CCCC[C@@H]1CN(C(=O)N[C@@H](C)[C@H](O)CC2CCC(N)CC2)CCO1)c1cccc(Cl)c1F. The van der Waals surface area contributed by atoms with Crippen LogP contribution < -0.4 is 11.1 Å². The number of nitrogens with zero attached hydrogens (tertiary/aromatic N) is 1.